The predicted octanol–water partition coefficient (Wildman–Crippen LogP) is 1.92. The Hall–Kier alpha value is -2.36. The summed E-state index contributed by atoms with van der Waals surface area (Å²) < 4.78 is 0. The number of benzene rings is 1. The maximum absolute atomic E-state index is 11.1. The second-order valence-corrected chi connectivity index (χ2v) is 5.14. The molecule has 0 aliphatic heterocycles. The van der Waals surface area contributed by atoms with Crippen molar-refractivity contribution in [2.24, 2.45) is 0 Å². The summed E-state index contributed by atoms with van der Waals surface area (Å²) in [6, 6.07) is 6.78. The van der Waals surface area contributed by atoms with Crippen LogP contribution < -0.4 is 11.0 Å². The first-order chi connectivity index (χ1) is 10.1. The van der Waals surface area contributed by atoms with E-state index in [0.717, 1.165) is 0 Å². The third-order valence-corrected chi connectivity index (χ3v) is 3.86. The van der Waals surface area contributed by atoms with Gasteiger partial charge in [0.15, 0.2) is 5.65 Å². The molecule has 1 aromatic carbocycles. The number of hydrogen-bond donors (Lipinski definition) is 3. The van der Waals surface area contributed by atoms with Crippen LogP contribution in [-0.4, -0.2) is 25.1 Å². The molecule has 0 bridgehead atoms. The van der Waals surface area contributed by atoms with Gasteiger partial charge in [0.2, 0.25) is 5.95 Å². The first kappa shape index (κ1) is 13.6. The molecule has 3 rings (SSSR count). The standard InChI is InChI=1S/C12H11N6O2S/c13-12-16-10-9(14-6-15-10)11(17-12)21-5-7-3-1-2-4-8(7)18(19)20/h1-4,6,19H,5H2,(H3,13,14,15,16,17)/q-1. The van der Waals surface area contributed by atoms with Gasteiger partial charge in [0.1, 0.15) is 10.5 Å². The first-order valence-electron chi connectivity index (χ1n) is 5.98. The summed E-state index contributed by atoms with van der Waals surface area (Å²) in [6.45, 7) is 0. The van der Waals surface area contributed by atoms with Gasteiger partial charge in [0.05, 0.1) is 12.0 Å². The van der Waals surface area contributed by atoms with Crippen LogP contribution in [0.1, 0.15) is 5.56 Å². The number of anilines is 2. The Kier molecular flexibility index (Phi) is 3.60. The monoisotopic (exact) mass is 303 g/mol. The maximum Gasteiger partial charge on any atom is 0.223 e. The molecule has 108 valence electrons. The van der Waals surface area contributed by atoms with E-state index >= 15 is 0 Å². The van der Waals surface area contributed by atoms with Gasteiger partial charge in [-0.05, 0) is 11.6 Å². The Labute approximate surface area is 123 Å². The molecule has 0 aliphatic carbocycles. The van der Waals surface area contributed by atoms with Crippen LogP contribution in [-0.2, 0) is 5.75 Å². The second-order valence-electron chi connectivity index (χ2n) is 4.18. The molecule has 0 amide bonds. The number of imidazole rings is 1. The fourth-order valence-corrected chi connectivity index (χ4v) is 2.88. The van der Waals surface area contributed by atoms with Gasteiger partial charge < -0.3 is 21.2 Å². The minimum Gasteiger partial charge on any atom is -0.733 e. The van der Waals surface area contributed by atoms with Gasteiger partial charge in [-0.2, -0.15) is 4.98 Å². The minimum absolute atomic E-state index is 0.137. The third-order valence-electron chi connectivity index (χ3n) is 2.83. The zero-order chi connectivity index (χ0) is 14.8. The van der Waals surface area contributed by atoms with Crippen molar-refractivity contribution in [2.75, 3.05) is 11.0 Å². The van der Waals surface area contributed by atoms with E-state index in [2.05, 4.69) is 19.9 Å². The van der Waals surface area contributed by atoms with E-state index in [4.69, 9.17) is 10.9 Å². The summed E-state index contributed by atoms with van der Waals surface area (Å²) in [5.41, 5.74) is 7.71. The lowest BCUT2D eigenvalue weighted by atomic mass is 10.2. The van der Waals surface area contributed by atoms with E-state index in [0.29, 0.717) is 27.5 Å². The Bertz CT molecular complexity index is 775. The summed E-state index contributed by atoms with van der Waals surface area (Å²) >= 11 is 1.37. The molecule has 0 atom stereocenters. The molecule has 2 aromatic heterocycles. The quantitative estimate of drug-likeness (QED) is 0.379. The van der Waals surface area contributed by atoms with E-state index in [9.17, 15) is 5.21 Å². The van der Waals surface area contributed by atoms with Gasteiger partial charge in [-0.3, -0.25) is 5.21 Å². The SMILES string of the molecule is Nc1nc(SCc2ccccc2N([O-])O)c2[nH]cnc2n1. The number of nitrogens with zero attached hydrogens (tertiary/aromatic N) is 4. The number of thioether (sulfide) groups is 1. The topological polar surface area (TPSA) is 127 Å². The number of aromatic nitrogens is 4. The summed E-state index contributed by atoms with van der Waals surface area (Å²) in [5.74, 6) is 0.582. The lowest BCUT2D eigenvalue weighted by Gasteiger charge is -2.24. The molecule has 3 aromatic rings. The molecule has 0 radical (unpaired) electrons. The number of para-hydroxylation sites is 1. The average Bonchev–Trinajstić information content (AvgIpc) is 2.93. The highest BCUT2D eigenvalue weighted by Crippen LogP contribution is 2.30. The molecule has 0 aliphatic rings. The van der Waals surface area contributed by atoms with E-state index in [1.54, 1.807) is 24.3 Å². The molecular formula is C12H11N6O2S-. The highest BCUT2D eigenvalue weighted by atomic mass is 32.2. The largest absolute Gasteiger partial charge is 0.733 e. The molecular weight excluding hydrogens is 292 g/mol. The smallest absolute Gasteiger partial charge is 0.223 e. The number of nitrogens with one attached hydrogen (secondary N) is 1. The maximum atomic E-state index is 11.1. The Balaban J connectivity index is 1.89. The van der Waals surface area contributed by atoms with Crippen LogP contribution >= 0.6 is 11.8 Å². The molecule has 4 N–H and O–H groups in total. The Morgan fingerprint density at radius 1 is 1.33 bits per heavy atom. The number of H-pyrrole nitrogens is 1. The van der Waals surface area contributed by atoms with Crippen LogP contribution in [0.15, 0.2) is 35.6 Å². The van der Waals surface area contributed by atoms with E-state index in [1.807, 2.05) is 0 Å². The Morgan fingerprint density at radius 2 is 2.14 bits per heavy atom. The van der Waals surface area contributed by atoms with Crippen molar-refractivity contribution in [1.82, 2.24) is 19.9 Å². The summed E-state index contributed by atoms with van der Waals surface area (Å²) in [6.07, 6.45) is 1.52. The highest BCUT2D eigenvalue weighted by Gasteiger charge is 2.10. The summed E-state index contributed by atoms with van der Waals surface area (Å²) in [7, 11) is 0. The number of aromatic amines is 1. The first-order valence-corrected chi connectivity index (χ1v) is 6.97. The van der Waals surface area contributed by atoms with Gasteiger partial charge in [-0.1, -0.05) is 30.0 Å². The number of nitrogen functional groups attached to an aromatic ring is 1. The zero-order valence-electron chi connectivity index (χ0n) is 10.7. The van der Waals surface area contributed by atoms with Crippen LogP contribution in [0, 0.1) is 5.21 Å². The van der Waals surface area contributed by atoms with Gasteiger partial charge in [0.25, 0.3) is 0 Å². The fraction of sp³-hybridized carbons (Fsp3) is 0.0833. The van der Waals surface area contributed by atoms with E-state index in [-0.39, 0.29) is 16.9 Å². The van der Waals surface area contributed by atoms with Crippen molar-refractivity contribution in [3.63, 3.8) is 0 Å². The highest BCUT2D eigenvalue weighted by molar-refractivity contribution is 7.98. The van der Waals surface area contributed by atoms with E-state index < -0.39 is 0 Å². The van der Waals surface area contributed by atoms with Crippen LogP contribution in [0.3, 0.4) is 0 Å². The molecule has 0 saturated heterocycles. The van der Waals surface area contributed by atoms with Crippen LogP contribution in [0.25, 0.3) is 11.2 Å². The molecule has 8 nitrogen and oxygen atoms in total. The normalized spacial score (nSPS) is 11.0. The summed E-state index contributed by atoms with van der Waals surface area (Å²) in [4.78, 5) is 15.2. The molecule has 21 heavy (non-hydrogen) atoms. The van der Waals surface area contributed by atoms with Gasteiger partial charge >= 0.3 is 0 Å². The van der Waals surface area contributed by atoms with Gasteiger partial charge in [-0.15, -0.1) is 0 Å². The van der Waals surface area contributed by atoms with Crippen molar-refractivity contribution >= 4 is 34.6 Å². The molecule has 0 fully saturated rings. The molecule has 0 unspecified atom stereocenters. The molecule has 0 spiro atoms. The lowest BCUT2D eigenvalue weighted by molar-refractivity contribution is 0.296. The van der Waals surface area contributed by atoms with Crippen molar-refractivity contribution < 1.29 is 5.21 Å². The number of fused-ring (bicyclic) bond motifs is 1. The van der Waals surface area contributed by atoms with Crippen molar-refractivity contribution in [3.05, 3.63) is 41.4 Å². The second kappa shape index (κ2) is 5.56. The van der Waals surface area contributed by atoms with Crippen molar-refractivity contribution in [3.8, 4) is 0 Å². The summed E-state index contributed by atoms with van der Waals surface area (Å²) in [5, 5.41) is 20.7. The number of hydrogen-bond acceptors (Lipinski definition) is 8. The number of rotatable bonds is 4. The molecule has 9 heteroatoms. The lowest BCUT2D eigenvalue weighted by Crippen LogP contribution is -2.09. The molecule has 0 saturated carbocycles. The minimum atomic E-state index is -0.143. The predicted molar refractivity (Wildman–Crippen MR) is 79.7 cm³/mol. The van der Waals surface area contributed by atoms with Crippen LogP contribution in [0.4, 0.5) is 11.6 Å². The average molecular weight is 303 g/mol. The zero-order valence-corrected chi connectivity index (χ0v) is 11.5. The number of nitrogens with two attached hydrogens (primary N) is 1. The van der Waals surface area contributed by atoms with Gasteiger partial charge in [-0.25, -0.2) is 9.97 Å². The third kappa shape index (κ3) is 2.75. The van der Waals surface area contributed by atoms with Gasteiger partial charge in [0, 0.05) is 5.75 Å². The van der Waals surface area contributed by atoms with E-state index in [1.165, 1.54) is 18.1 Å². The van der Waals surface area contributed by atoms with Crippen molar-refractivity contribution in [2.45, 2.75) is 10.8 Å². The van der Waals surface area contributed by atoms with Crippen LogP contribution in [0.5, 0.6) is 0 Å². The fourth-order valence-electron chi connectivity index (χ4n) is 1.89. The van der Waals surface area contributed by atoms with Crippen LogP contribution in [0.2, 0.25) is 0 Å². The Morgan fingerprint density at radius 3 is 2.95 bits per heavy atom. The van der Waals surface area contributed by atoms with Crippen molar-refractivity contribution in [1.29, 1.82) is 0 Å². The molecule has 2 heterocycles.